The van der Waals surface area contributed by atoms with Gasteiger partial charge in [0.05, 0.1) is 29.8 Å². The molecule has 216 valence electrons. The summed E-state index contributed by atoms with van der Waals surface area (Å²) in [7, 11) is -2.54. The number of esters is 2. The Morgan fingerprint density at radius 3 is 2.08 bits per heavy atom. The van der Waals surface area contributed by atoms with E-state index in [1.54, 1.807) is 34.6 Å². The minimum Gasteiger partial charge on any atom is -0.469 e. The van der Waals surface area contributed by atoms with Gasteiger partial charge in [0.1, 0.15) is 6.73 Å². The fourth-order valence-corrected chi connectivity index (χ4v) is 6.43. The van der Waals surface area contributed by atoms with E-state index >= 15 is 0 Å². The van der Waals surface area contributed by atoms with Gasteiger partial charge in [0.15, 0.2) is 0 Å². The summed E-state index contributed by atoms with van der Waals surface area (Å²) in [6.07, 6.45) is 3.41. The standard InChI is InChI=1S/C26H47NO9S/c1-8-25(5,21(29)27-18-36-37(32,33)20-12-10-19(2)11-13-20)17-26(6,23(31)35-15-9-14-28)16-24(3,4)22(30)34-7/h19-20,28H,8-18H2,1-7H3,(H,27,29). The van der Waals surface area contributed by atoms with E-state index in [0.29, 0.717) is 25.2 Å². The lowest BCUT2D eigenvalue weighted by Gasteiger charge is -2.40. The maximum Gasteiger partial charge on any atom is 0.311 e. The highest BCUT2D eigenvalue weighted by Crippen LogP contribution is 2.45. The van der Waals surface area contributed by atoms with Gasteiger partial charge in [-0.25, -0.2) is 4.18 Å². The van der Waals surface area contributed by atoms with Crippen LogP contribution in [0.25, 0.3) is 0 Å². The second-order valence-electron chi connectivity index (χ2n) is 11.6. The smallest absolute Gasteiger partial charge is 0.311 e. The molecule has 1 fully saturated rings. The average molecular weight is 550 g/mol. The number of hydrogen-bond acceptors (Lipinski definition) is 9. The van der Waals surface area contributed by atoms with Crippen molar-refractivity contribution in [2.24, 2.45) is 22.2 Å². The molecule has 0 aromatic rings. The Labute approximate surface area is 222 Å². The van der Waals surface area contributed by atoms with Crippen LogP contribution >= 0.6 is 0 Å². The number of rotatable bonds is 15. The topological polar surface area (TPSA) is 145 Å². The molecular formula is C26H47NO9S. The summed E-state index contributed by atoms with van der Waals surface area (Å²) in [5.74, 6) is -1.06. The summed E-state index contributed by atoms with van der Waals surface area (Å²) in [5.41, 5.74) is -3.38. The third-order valence-corrected chi connectivity index (χ3v) is 9.27. The van der Waals surface area contributed by atoms with E-state index in [1.165, 1.54) is 7.11 Å². The summed E-state index contributed by atoms with van der Waals surface area (Å²) in [6.45, 7) is 9.91. The molecule has 0 radical (unpaired) electrons. The van der Waals surface area contributed by atoms with E-state index in [1.807, 2.05) is 0 Å². The highest BCUT2D eigenvalue weighted by atomic mass is 32.2. The summed E-state index contributed by atoms with van der Waals surface area (Å²) >= 11 is 0. The van der Waals surface area contributed by atoms with Crippen LogP contribution in [0.5, 0.6) is 0 Å². The minimum atomic E-state index is -3.81. The number of amides is 1. The van der Waals surface area contributed by atoms with Crippen molar-refractivity contribution < 1.29 is 41.6 Å². The van der Waals surface area contributed by atoms with Gasteiger partial charge in [-0.3, -0.25) is 14.4 Å². The molecule has 2 unspecified atom stereocenters. The Balaban J connectivity index is 3.00. The van der Waals surface area contributed by atoms with E-state index in [4.69, 9.17) is 18.8 Å². The van der Waals surface area contributed by atoms with E-state index < -0.39 is 56.2 Å². The van der Waals surface area contributed by atoms with Gasteiger partial charge in [0.2, 0.25) is 5.91 Å². The van der Waals surface area contributed by atoms with Crippen molar-refractivity contribution in [3.05, 3.63) is 0 Å². The highest BCUT2D eigenvalue weighted by Gasteiger charge is 2.49. The summed E-state index contributed by atoms with van der Waals surface area (Å²) in [5, 5.41) is 11.0. The van der Waals surface area contributed by atoms with Gasteiger partial charge >= 0.3 is 11.9 Å². The van der Waals surface area contributed by atoms with E-state index in [2.05, 4.69) is 12.2 Å². The van der Waals surface area contributed by atoms with Gasteiger partial charge in [0, 0.05) is 18.4 Å². The van der Waals surface area contributed by atoms with E-state index in [9.17, 15) is 22.8 Å². The molecule has 0 aliphatic heterocycles. The van der Waals surface area contributed by atoms with Gasteiger partial charge in [0.25, 0.3) is 10.1 Å². The lowest BCUT2D eigenvalue weighted by molar-refractivity contribution is -0.164. The van der Waals surface area contributed by atoms with Crippen molar-refractivity contribution >= 4 is 28.0 Å². The number of ether oxygens (including phenoxy) is 2. The van der Waals surface area contributed by atoms with Crippen molar-refractivity contribution in [2.75, 3.05) is 27.1 Å². The van der Waals surface area contributed by atoms with Gasteiger partial charge in [-0.05, 0) is 71.6 Å². The lowest BCUT2D eigenvalue weighted by Crippen LogP contribution is -2.47. The Bertz CT molecular complexity index is 880. The van der Waals surface area contributed by atoms with Gasteiger partial charge in [-0.1, -0.05) is 20.8 Å². The van der Waals surface area contributed by atoms with Crippen molar-refractivity contribution in [3.8, 4) is 0 Å². The highest BCUT2D eigenvalue weighted by molar-refractivity contribution is 7.87. The molecule has 1 aliphatic rings. The van der Waals surface area contributed by atoms with Crippen LogP contribution in [-0.2, 0) is 38.2 Å². The van der Waals surface area contributed by atoms with Crippen molar-refractivity contribution in [1.82, 2.24) is 5.32 Å². The Hall–Kier alpha value is -1.72. The van der Waals surface area contributed by atoms with Crippen LogP contribution in [0.15, 0.2) is 0 Å². The Morgan fingerprint density at radius 1 is 0.973 bits per heavy atom. The molecule has 1 rings (SSSR count). The molecule has 10 nitrogen and oxygen atoms in total. The number of aliphatic hydroxyl groups is 1. The normalized spacial score (nSPS) is 21.8. The van der Waals surface area contributed by atoms with Gasteiger partial charge in [-0.15, -0.1) is 0 Å². The Kier molecular flexibility index (Phi) is 12.5. The fraction of sp³-hybridized carbons (Fsp3) is 0.885. The number of aliphatic hydroxyl groups excluding tert-OH is 1. The number of carbonyl (C=O) groups excluding carboxylic acids is 3. The predicted octanol–water partition coefficient (Wildman–Crippen LogP) is 3.31. The molecule has 0 saturated heterocycles. The van der Waals surface area contributed by atoms with Gasteiger partial charge < -0.3 is 19.9 Å². The van der Waals surface area contributed by atoms with Crippen molar-refractivity contribution in [1.29, 1.82) is 0 Å². The molecule has 0 aromatic carbocycles. The van der Waals surface area contributed by atoms with Crippen LogP contribution < -0.4 is 5.32 Å². The number of nitrogens with one attached hydrogen (secondary N) is 1. The maximum atomic E-state index is 13.3. The SMILES string of the molecule is CCC(C)(CC(C)(CC(C)(C)C(=O)OC)C(=O)OCCCO)C(=O)NCOS(=O)(=O)C1CCC(C)CC1. The second-order valence-corrected chi connectivity index (χ2v) is 13.4. The molecule has 0 spiro atoms. The molecule has 0 bridgehead atoms. The van der Waals surface area contributed by atoms with Crippen LogP contribution in [0, 0.1) is 22.2 Å². The molecule has 0 heterocycles. The molecule has 37 heavy (non-hydrogen) atoms. The van der Waals surface area contributed by atoms with Crippen LogP contribution in [0.2, 0.25) is 0 Å². The number of methoxy groups -OCH3 is 1. The first-order valence-electron chi connectivity index (χ1n) is 13.1. The van der Waals surface area contributed by atoms with E-state index in [-0.39, 0.29) is 32.5 Å². The first-order chi connectivity index (χ1) is 17.1. The Morgan fingerprint density at radius 2 is 1.57 bits per heavy atom. The minimum absolute atomic E-state index is 0.00422. The maximum absolute atomic E-state index is 13.3. The van der Waals surface area contributed by atoms with Crippen LogP contribution in [0.4, 0.5) is 0 Å². The average Bonchev–Trinajstić information content (AvgIpc) is 2.83. The van der Waals surface area contributed by atoms with E-state index in [0.717, 1.165) is 12.8 Å². The fourth-order valence-electron chi connectivity index (χ4n) is 5.17. The zero-order valence-corrected chi connectivity index (χ0v) is 24.4. The third-order valence-electron chi connectivity index (χ3n) is 7.53. The third kappa shape index (κ3) is 9.51. The van der Waals surface area contributed by atoms with Crippen molar-refractivity contribution in [3.63, 3.8) is 0 Å². The molecule has 1 saturated carbocycles. The molecular weight excluding hydrogens is 502 g/mol. The number of hydrogen-bond donors (Lipinski definition) is 2. The lowest BCUT2D eigenvalue weighted by atomic mass is 9.65. The largest absolute Gasteiger partial charge is 0.469 e. The molecule has 2 N–H and O–H groups in total. The van der Waals surface area contributed by atoms with Crippen LogP contribution in [0.1, 0.15) is 92.9 Å². The summed E-state index contributed by atoms with van der Waals surface area (Å²) in [4.78, 5) is 38.8. The van der Waals surface area contributed by atoms with Crippen LogP contribution in [-0.4, -0.2) is 63.7 Å². The molecule has 2 atom stereocenters. The molecule has 1 amide bonds. The quantitative estimate of drug-likeness (QED) is 0.136. The zero-order valence-electron chi connectivity index (χ0n) is 23.6. The second kappa shape index (κ2) is 13.9. The first-order valence-corrected chi connectivity index (χ1v) is 14.6. The van der Waals surface area contributed by atoms with Crippen LogP contribution in [0.3, 0.4) is 0 Å². The zero-order chi connectivity index (χ0) is 28.5. The molecule has 11 heteroatoms. The monoisotopic (exact) mass is 549 g/mol. The summed E-state index contributed by atoms with van der Waals surface area (Å²) in [6, 6.07) is 0. The van der Waals surface area contributed by atoms with Crippen molar-refractivity contribution in [2.45, 2.75) is 98.2 Å². The van der Waals surface area contributed by atoms with Gasteiger partial charge in [-0.2, -0.15) is 8.42 Å². The summed E-state index contributed by atoms with van der Waals surface area (Å²) < 4.78 is 40.6. The first kappa shape index (κ1) is 33.3. The predicted molar refractivity (Wildman–Crippen MR) is 139 cm³/mol. The molecule has 1 aliphatic carbocycles. The number of carbonyl (C=O) groups is 3. The molecule has 0 aromatic heterocycles.